The van der Waals surface area contributed by atoms with Gasteiger partial charge in [0, 0.05) is 18.3 Å². The van der Waals surface area contributed by atoms with E-state index in [4.69, 9.17) is 0 Å². The van der Waals surface area contributed by atoms with Crippen molar-refractivity contribution in [3.63, 3.8) is 0 Å². The second-order valence-corrected chi connectivity index (χ2v) is 7.44. The zero-order valence-corrected chi connectivity index (χ0v) is 13.5. The number of hydrogen-bond donors (Lipinski definition) is 3. The molecule has 0 aliphatic carbocycles. The molecule has 2 unspecified atom stereocenters. The van der Waals surface area contributed by atoms with E-state index in [1.807, 2.05) is 0 Å². The van der Waals surface area contributed by atoms with Gasteiger partial charge in [-0.05, 0) is 48.1 Å². The topological polar surface area (TPSA) is 44.3 Å². The zero-order chi connectivity index (χ0) is 16.0. The summed E-state index contributed by atoms with van der Waals surface area (Å²) in [4.78, 5) is 0. The van der Waals surface area contributed by atoms with Crippen molar-refractivity contribution in [3.8, 4) is 0 Å². The summed E-state index contributed by atoms with van der Waals surface area (Å²) >= 11 is 0. The van der Waals surface area contributed by atoms with Crippen molar-refractivity contribution in [2.24, 2.45) is 0 Å². The Labute approximate surface area is 136 Å². The van der Waals surface area contributed by atoms with E-state index in [0.717, 1.165) is 42.8 Å². The summed E-state index contributed by atoms with van der Waals surface area (Å²) in [6, 6.07) is 5.49. The monoisotopic (exact) mass is 352 g/mol. The Morgan fingerprint density at radius 2 is 2.00 bits per heavy atom. The summed E-state index contributed by atoms with van der Waals surface area (Å²) in [6.07, 6.45) is -2.92. The summed E-state index contributed by atoms with van der Waals surface area (Å²) in [7, 11) is 3.12. The number of hydrogen-bond acceptors (Lipinski definition) is 5. The van der Waals surface area contributed by atoms with E-state index in [-0.39, 0.29) is 6.10 Å². The lowest BCUT2D eigenvalue weighted by molar-refractivity contribution is -0.137. The predicted octanol–water partition coefficient (Wildman–Crippen LogP) is 3.20. The average Bonchev–Trinajstić information content (AvgIpc) is 2.46. The SMILES string of the molecule is OC1CCNC(CSSNCc2ccc(C(F)(F)F)cc2)C1. The summed E-state index contributed by atoms with van der Waals surface area (Å²) < 4.78 is 40.4. The maximum atomic E-state index is 12.4. The Morgan fingerprint density at radius 3 is 2.64 bits per heavy atom. The highest BCUT2D eigenvalue weighted by Crippen LogP contribution is 2.29. The van der Waals surface area contributed by atoms with Gasteiger partial charge in [-0.1, -0.05) is 22.9 Å². The number of rotatable bonds is 6. The lowest BCUT2D eigenvalue weighted by Gasteiger charge is -2.26. The third-order valence-corrected chi connectivity index (χ3v) is 5.45. The number of halogens is 3. The van der Waals surface area contributed by atoms with Crippen LogP contribution >= 0.6 is 21.8 Å². The third-order valence-electron chi connectivity index (χ3n) is 3.41. The van der Waals surface area contributed by atoms with Crippen molar-refractivity contribution in [1.29, 1.82) is 0 Å². The molecule has 0 aromatic heterocycles. The Balaban J connectivity index is 1.62. The summed E-state index contributed by atoms with van der Waals surface area (Å²) in [6.45, 7) is 1.35. The van der Waals surface area contributed by atoms with Crippen LogP contribution in [0.2, 0.25) is 0 Å². The molecule has 22 heavy (non-hydrogen) atoms. The maximum absolute atomic E-state index is 12.4. The van der Waals surface area contributed by atoms with Crippen molar-refractivity contribution in [2.45, 2.75) is 37.7 Å². The fourth-order valence-electron chi connectivity index (χ4n) is 2.19. The van der Waals surface area contributed by atoms with Crippen LogP contribution in [0.3, 0.4) is 0 Å². The number of aliphatic hydroxyl groups excluding tert-OH is 1. The van der Waals surface area contributed by atoms with E-state index in [1.165, 1.54) is 23.1 Å². The van der Waals surface area contributed by atoms with Gasteiger partial charge in [0.2, 0.25) is 0 Å². The van der Waals surface area contributed by atoms with E-state index in [0.29, 0.717) is 12.6 Å². The van der Waals surface area contributed by atoms with E-state index >= 15 is 0 Å². The molecule has 2 rings (SSSR count). The van der Waals surface area contributed by atoms with E-state index in [2.05, 4.69) is 10.0 Å². The molecule has 2 atom stereocenters. The number of piperidine rings is 1. The molecule has 0 amide bonds. The molecule has 8 heteroatoms. The van der Waals surface area contributed by atoms with Gasteiger partial charge in [-0.3, -0.25) is 4.72 Å². The van der Waals surface area contributed by atoms with Gasteiger partial charge < -0.3 is 10.4 Å². The van der Waals surface area contributed by atoms with Crippen LogP contribution in [0.25, 0.3) is 0 Å². The highest BCUT2D eigenvalue weighted by molar-refractivity contribution is 8.76. The first kappa shape index (κ1) is 17.9. The molecular formula is C14H19F3N2OS2. The molecule has 0 saturated carbocycles. The smallest absolute Gasteiger partial charge is 0.393 e. The highest BCUT2D eigenvalue weighted by Gasteiger charge is 2.29. The third kappa shape index (κ3) is 6.00. The maximum Gasteiger partial charge on any atom is 0.416 e. The van der Waals surface area contributed by atoms with Crippen molar-refractivity contribution in [2.75, 3.05) is 12.3 Å². The largest absolute Gasteiger partial charge is 0.416 e. The molecule has 1 fully saturated rings. The first-order valence-corrected chi connectivity index (χ1v) is 9.36. The summed E-state index contributed by atoms with van der Waals surface area (Å²) in [5.41, 5.74) is 0.188. The minimum atomic E-state index is -4.28. The van der Waals surface area contributed by atoms with Gasteiger partial charge in [0.05, 0.1) is 11.7 Å². The van der Waals surface area contributed by atoms with Crippen molar-refractivity contribution < 1.29 is 18.3 Å². The van der Waals surface area contributed by atoms with Crippen LogP contribution in [0.5, 0.6) is 0 Å². The Hall–Kier alpha value is -0.410. The average molecular weight is 352 g/mol. The quantitative estimate of drug-likeness (QED) is 0.417. The van der Waals surface area contributed by atoms with Gasteiger partial charge in [0.1, 0.15) is 0 Å². The normalized spacial score (nSPS) is 22.7. The van der Waals surface area contributed by atoms with Crippen LogP contribution in [0.4, 0.5) is 13.2 Å². The lowest BCUT2D eigenvalue weighted by atomic mass is 10.0. The van der Waals surface area contributed by atoms with E-state index in [1.54, 1.807) is 10.8 Å². The zero-order valence-electron chi connectivity index (χ0n) is 11.9. The van der Waals surface area contributed by atoms with Crippen LogP contribution in [0, 0.1) is 0 Å². The Bertz CT molecular complexity index is 456. The first-order chi connectivity index (χ1) is 10.4. The molecule has 1 aliphatic rings. The molecule has 1 aromatic rings. The van der Waals surface area contributed by atoms with Crippen molar-refractivity contribution in [3.05, 3.63) is 35.4 Å². The molecule has 1 aromatic carbocycles. The molecule has 1 heterocycles. The van der Waals surface area contributed by atoms with E-state index < -0.39 is 11.7 Å². The molecule has 3 N–H and O–H groups in total. The highest BCUT2D eigenvalue weighted by atomic mass is 33.1. The van der Waals surface area contributed by atoms with Gasteiger partial charge in [-0.15, -0.1) is 0 Å². The van der Waals surface area contributed by atoms with Crippen LogP contribution in [0.15, 0.2) is 24.3 Å². The molecule has 1 saturated heterocycles. The second-order valence-electron chi connectivity index (χ2n) is 5.21. The van der Waals surface area contributed by atoms with Gasteiger partial charge in [0.15, 0.2) is 0 Å². The van der Waals surface area contributed by atoms with Gasteiger partial charge in [0.25, 0.3) is 0 Å². The standard InChI is InChI=1S/C14H19F3N2OS2/c15-14(16,17)11-3-1-10(2-4-11)8-19-22-21-9-12-7-13(20)5-6-18-12/h1-4,12-13,18-20H,5-9H2. The number of alkyl halides is 3. The van der Waals surface area contributed by atoms with Crippen LogP contribution in [0.1, 0.15) is 24.0 Å². The van der Waals surface area contributed by atoms with Gasteiger partial charge in [-0.2, -0.15) is 13.2 Å². The van der Waals surface area contributed by atoms with Gasteiger partial charge >= 0.3 is 6.18 Å². The Kier molecular flexibility index (Phi) is 6.88. The molecule has 1 aliphatic heterocycles. The van der Waals surface area contributed by atoms with Crippen LogP contribution in [-0.4, -0.2) is 29.5 Å². The minimum Gasteiger partial charge on any atom is -0.393 e. The number of nitrogens with one attached hydrogen (secondary N) is 2. The molecule has 124 valence electrons. The number of benzene rings is 1. The second kappa shape index (κ2) is 8.44. The summed E-state index contributed by atoms with van der Waals surface area (Å²) in [5, 5.41) is 12.9. The van der Waals surface area contributed by atoms with Gasteiger partial charge in [-0.25, -0.2) is 0 Å². The Morgan fingerprint density at radius 1 is 1.27 bits per heavy atom. The number of aliphatic hydroxyl groups is 1. The van der Waals surface area contributed by atoms with Crippen molar-refractivity contribution in [1.82, 2.24) is 10.0 Å². The minimum absolute atomic E-state index is 0.211. The van der Waals surface area contributed by atoms with E-state index in [9.17, 15) is 18.3 Å². The first-order valence-electron chi connectivity index (χ1n) is 7.04. The molecule has 3 nitrogen and oxygen atoms in total. The fraction of sp³-hybridized carbons (Fsp3) is 0.571. The molecule has 0 radical (unpaired) electrons. The van der Waals surface area contributed by atoms with Crippen LogP contribution < -0.4 is 10.0 Å². The van der Waals surface area contributed by atoms with Crippen molar-refractivity contribution >= 4 is 21.8 Å². The fourth-order valence-corrected chi connectivity index (χ4v) is 4.11. The van der Waals surface area contributed by atoms with Crippen LogP contribution in [-0.2, 0) is 12.7 Å². The lowest BCUT2D eigenvalue weighted by Crippen LogP contribution is -2.41. The molecule has 0 bridgehead atoms. The molecule has 0 spiro atoms. The molecular weight excluding hydrogens is 333 g/mol. The predicted molar refractivity (Wildman–Crippen MR) is 85.4 cm³/mol. The summed E-state index contributed by atoms with van der Waals surface area (Å²) in [5.74, 6) is 0.877.